The molecule has 0 aliphatic carbocycles. The number of fused-ring (bicyclic) bond motifs is 1. The summed E-state index contributed by atoms with van der Waals surface area (Å²) in [7, 11) is 0. The second-order valence-corrected chi connectivity index (χ2v) is 6.16. The number of ether oxygens (including phenoxy) is 1. The van der Waals surface area contributed by atoms with Gasteiger partial charge in [-0.25, -0.2) is 0 Å². The normalized spacial score (nSPS) is 10.7. The monoisotopic (exact) mass is 294 g/mol. The number of hydrogen-bond acceptors (Lipinski definition) is 2. The maximum absolute atomic E-state index is 5.94. The summed E-state index contributed by atoms with van der Waals surface area (Å²) in [5.41, 5.74) is 1.30. The summed E-state index contributed by atoms with van der Waals surface area (Å²) in [6.45, 7) is 2.82. The maximum atomic E-state index is 5.94. The van der Waals surface area contributed by atoms with Crippen LogP contribution < -0.4 is 4.74 Å². The van der Waals surface area contributed by atoms with Gasteiger partial charge in [0.15, 0.2) is 0 Å². The van der Waals surface area contributed by atoms with E-state index in [9.17, 15) is 0 Å². The highest BCUT2D eigenvalue weighted by atomic mass is 32.2. The van der Waals surface area contributed by atoms with Crippen molar-refractivity contribution in [2.45, 2.75) is 11.8 Å². The molecule has 0 amide bonds. The average molecular weight is 294 g/mol. The minimum atomic E-state index is 0.715. The minimum Gasteiger partial charge on any atom is -0.492 e. The third-order valence-corrected chi connectivity index (χ3v) is 4.36. The van der Waals surface area contributed by atoms with E-state index in [4.69, 9.17) is 4.74 Å². The number of aryl methyl sites for hydroxylation is 1. The lowest BCUT2D eigenvalue weighted by Gasteiger charge is -2.09. The van der Waals surface area contributed by atoms with Gasteiger partial charge in [-0.3, -0.25) is 0 Å². The van der Waals surface area contributed by atoms with Crippen LogP contribution in [-0.4, -0.2) is 12.4 Å². The van der Waals surface area contributed by atoms with Gasteiger partial charge in [0, 0.05) is 16.0 Å². The molecule has 0 unspecified atom stereocenters. The van der Waals surface area contributed by atoms with Crippen LogP contribution in [0.25, 0.3) is 10.8 Å². The van der Waals surface area contributed by atoms with Crippen molar-refractivity contribution in [2.24, 2.45) is 0 Å². The van der Waals surface area contributed by atoms with Gasteiger partial charge < -0.3 is 4.74 Å². The summed E-state index contributed by atoms with van der Waals surface area (Å²) < 4.78 is 5.94. The van der Waals surface area contributed by atoms with Gasteiger partial charge in [-0.1, -0.05) is 54.1 Å². The van der Waals surface area contributed by atoms with Gasteiger partial charge >= 0.3 is 0 Å². The smallest absolute Gasteiger partial charge is 0.127 e. The fraction of sp³-hybridized carbons (Fsp3) is 0.158. The van der Waals surface area contributed by atoms with Crippen molar-refractivity contribution >= 4 is 22.5 Å². The first-order valence-corrected chi connectivity index (χ1v) is 8.11. The van der Waals surface area contributed by atoms with Crippen molar-refractivity contribution in [1.82, 2.24) is 0 Å². The highest BCUT2D eigenvalue weighted by Gasteiger charge is 2.01. The molecule has 0 spiro atoms. The quantitative estimate of drug-likeness (QED) is 0.465. The summed E-state index contributed by atoms with van der Waals surface area (Å²) in [5, 5.41) is 2.40. The maximum Gasteiger partial charge on any atom is 0.127 e. The van der Waals surface area contributed by atoms with Gasteiger partial charge in [-0.2, -0.15) is 0 Å². The van der Waals surface area contributed by atoms with Crippen molar-refractivity contribution in [3.05, 3.63) is 72.3 Å². The summed E-state index contributed by atoms with van der Waals surface area (Å²) in [4.78, 5) is 1.29. The Labute approximate surface area is 130 Å². The summed E-state index contributed by atoms with van der Waals surface area (Å²) >= 11 is 1.83. The molecule has 1 nitrogen and oxygen atoms in total. The van der Waals surface area contributed by atoms with E-state index in [1.165, 1.54) is 21.2 Å². The molecule has 106 valence electrons. The van der Waals surface area contributed by atoms with Crippen LogP contribution >= 0.6 is 11.8 Å². The Morgan fingerprint density at radius 1 is 0.857 bits per heavy atom. The van der Waals surface area contributed by atoms with Crippen LogP contribution in [-0.2, 0) is 0 Å². The van der Waals surface area contributed by atoms with Crippen molar-refractivity contribution in [3.8, 4) is 5.75 Å². The molecule has 2 heteroatoms. The molecule has 3 aromatic carbocycles. The molecule has 0 radical (unpaired) electrons. The van der Waals surface area contributed by atoms with Crippen molar-refractivity contribution in [3.63, 3.8) is 0 Å². The van der Waals surface area contributed by atoms with Gasteiger partial charge in [0.25, 0.3) is 0 Å². The van der Waals surface area contributed by atoms with Gasteiger partial charge in [0.1, 0.15) is 5.75 Å². The molecule has 0 fully saturated rings. The molecule has 3 aromatic rings. The van der Waals surface area contributed by atoms with E-state index in [2.05, 4.69) is 61.5 Å². The highest BCUT2D eigenvalue weighted by Crippen LogP contribution is 2.25. The first-order chi connectivity index (χ1) is 10.3. The van der Waals surface area contributed by atoms with E-state index in [0.717, 1.165) is 11.5 Å². The zero-order chi connectivity index (χ0) is 14.5. The fourth-order valence-electron chi connectivity index (χ4n) is 2.27. The van der Waals surface area contributed by atoms with E-state index in [1.54, 1.807) is 0 Å². The fourth-order valence-corrected chi connectivity index (χ4v) is 3.00. The molecule has 0 bridgehead atoms. The van der Waals surface area contributed by atoms with E-state index in [0.29, 0.717) is 6.61 Å². The Balaban J connectivity index is 1.58. The molecule has 0 N–H and O–H groups in total. The molecule has 0 aromatic heterocycles. The zero-order valence-electron chi connectivity index (χ0n) is 12.1. The molecule has 21 heavy (non-hydrogen) atoms. The first kappa shape index (κ1) is 14.0. The average Bonchev–Trinajstić information content (AvgIpc) is 2.53. The topological polar surface area (TPSA) is 9.23 Å². The Bertz CT molecular complexity index is 714. The van der Waals surface area contributed by atoms with Gasteiger partial charge in [0.2, 0.25) is 0 Å². The molecule has 0 atom stereocenters. The predicted molar refractivity (Wildman–Crippen MR) is 91.3 cm³/mol. The van der Waals surface area contributed by atoms with Crippen LogP contribution in [0.1, 0.15) is 5.56 Å². The standard InChI is InChI=1S/C19H18OS/c1-15-9-11-17(12-10-15)21-14-13-20-19-8-4-6-16-5-2-3-7-18(16)19/h2-12H,13-14H2,1H3. The summed E-state index contributed by atoms with van der Waals surface area (Å²) in [6, 6.07) is 23.2. The Hall–Kier alpha value is -1.93. The molecule has 0 saturated carbocycles. The second kappa shape index (κ2) is 6.68. The van der Waals surface area contributed by atoms with Gasteiger partial charge in [-0.15, -0.1) is 11.8 Å². The van der Waals surface area contributed by atoms with E-state index in [-0.39, 0.29) is 0 Å². The second-order valence-electron chi connectivity index (χ2n) is 4.99. The van der Waals surface area contributed by atoms with Crippen LogP contribution in [0, 0.1) is 6.92 Å². The largest absolute Gasteiger partial charge is 0.492 e. The number of hydrogen-bond donors (Lipinski definition) is 0. The first-order valence-electron chi connectivity index (χ1n) is 7.13. The number of rotatable bonds is 5. The molecule has 0 saturated heterocycles. The van der Waals surface area contributed by atoms with E-state index in [1.807, 2.05) is 23.9 Å². The van der Waals surface area contributed by atoms with Crippen LogP contribution in [0.15, 0.2) is 71.6 Å². The Morgan fingerprint density at radius 3 is 2.48 bits per heavy atom. The Morgan fingerprint density at radius 2 is 1.62 bits per heavy atom. The van der Waals surface area contributed by atoms with Crippen LogP contribution in [0.2, 0.25) is 0 Å². The predicted octanol–water partition coefficient (Wildman–Crippen LogP) is 5.32. The van der Waals surface area contributed by atoms with Crippen LogP contribution in [0.3, 0.4) is 0 Å². The summed E-state index contributed by atoms with van der Waals surface area (Å²) in [6.07, 6.45) is 0. The lowest BCUT2D eigenvalue weighted by molar-refractivity contribution is 0.348. The molecule has 3 rings (SSSR count). The highest BCUT2D eigenvalue weighted by molar-refractivity contribution is 7.99. The summed E-state index contributed by atoms with van der Waals surface area (Å²) in [5.74, 6) is 1.92. The van der Waals surface area contributed by atoms with Crippen molar-refractivity contribution < 1.29 is 4.74 Å². The Kier molecular flexibility index (Phi) is 4.46. The third-order valence-electron chi connectivity index (χ3n) is 3.38. The van der Waals surface area contributed by atoms with E-state index < -0.39 is 0 Å². The number of benzene rings is 3. The molecular formula is C19H18OS. The van der Waals surface area contributed by atoms with Crippen molar-refractivity contribution in [2.75, 3.05) is 12.4 Å². The van der Waals surface area contributed by atoms with Gasteiger partial charge in [-0.05, 0) is 30.5 Å². The third kappa shape index (κ3) is 3.59. The molecular weight excluding hydrogens is 276 g/mol. The van der Waals surface area contributed by atoms with Crippen LogP contribution in [0.4, 0.5) is 0 Å². The molecule has 0 aliphatic rings. The molecule has 0 heterocycles. The zero-order valence-corrected chi connectivity index (χ0v) is 12.9. The minimum absolute atomic E-state index is 0.715. The lowest BCUT2D eigenvalue weighted by Crippen LogP contribution is -2.00. The molecule has 0 aliphatic heterocycles. The number of thioether (sulfide) groups is 1. The van der Waals surface area contributed by atoms with Gasteiger partial charge in [0.05, 0.1) is 6.61 Å². The van der Waals surface area contributed by atoms with Crippen molar-refractivity contribution in [1.29, 1.82) is 0 Å². The van der Waals surface area contributed by atoms with Crippen LogP contribution in [0.5, 0.6) is 5.75 Å². The lowest BCUT2D eigenvalue weighted by atomic mass is 10.1. The SMILES string of the molecule is Cc1ccc(SCCOc2cccc3ccccc23)cc1. The van der Waals surface area contributed by atoms with E-state index >= 15 is 0 Å².